The molecule has 0 radical (unpaired) electrons. The minimum absolute atomic E-state index is 0.0818. The Balaban J connectivity index is 1.24. The number of nitrogens with one attached hydrogen (secondary N) is 1. The number of halogens is 3. The molecule has 0 spiro atoms. The molecule has 8 nitrogen and oxygen atoms in total. The molecule has 0 bridgehead atoms. The molecule has 1 amide bonds. The zero-order valence-electron chi connectivity index (χ0n) is 24.3. The molecule has 0 saturated heterocycles. The summed E-state index contributed by atoms with van der Waals surface area (Å²) in [7, 11) is 0. The van der Waals surface area contributed by atoms with E-state index in [2.05, 4.69) is 15.4 Å². The van der Waals surface area contributed by atoms with Crippen molar-refractivity contribution in [2.45, 2.75) is 31.3 Å². The summed E-state index contributed by atoms with van der Waals surface area (Å²) in [6.07, 6.45) is 10.1. The number of carbonyl (C=O) groups excluding carboxylic acids is 1. The maximum absolute atomic E-state index is 15.5. The number of aromatic nitrogens is 4. The van der Waals surface area contributed by atoms with Gasteiger partial charge in [-0.25, -0.2) is 13.8 Å². The Morgan fingerprint density at radius 3 is 2.46 bits per heavy atom. The van der Waals surface area contributed by atoms with Gasteiger partial charge in [0.1, 0.15) is 11.9 Å². The van der Waals surface area contributed by atoms with Gasteiger partial charge in [0.25, 0.3) is 11.6 Å². The van der Waals surface area contributed by atoms with Gasteiger partial charge in [-0.2, -0.15) is 5.10 Å². The van der Waals surface area contributed by atoms with Gasteiger partial charge in [-0.1, -0.05) is 35.9 Å². The van der Waals surface area contributed by atoms with Gasteiger partial charge in [0, 0.05) is 51.7 Å². The quantitative estimate of drug-likeness (QED) is 0.131. The summed E-state index contributed by atoms with van der Waals surface area (Å²) in [4.78, 5) is 16.4. The topological polar surface area (TPSA) is 97.1 Å². The van der Waals surface area contributed by atoms with Gasteiger partial charge in [-0.05, 0) is 66.4 Å². The van der Waals surface area contributed by atoms with E-state index in [1.54, 1.807) is 53.3 Å². The molecule has 6 aromatic rings. The first-order valence-corrected chi connectivity index (χ1v) is 15.0. The number of carbonyl (C=O) groups is 1. The summed E-state index contributed by atoms with van der Waals surface area (Å²) in [5.41, 5.74) is 4.42. The maximum atomic E-state index is 15.5. The number of hydrogen-bond acceptors (Lipinski definition) is 5. The first-order chi connectivity index (χ1) is 22.3. The summed E-state index contributed by atoms with van der Waals surface area (Å²) in [6.45, 7) is 0. The molecule has 1 aliphatic carbocycles. The van der Waals surface area contributed by atoms with Crippen LogP contribution in [0.5, 0.6) is 0 Å². The van der Waals surface area contributed by atoms with Crippen LogP contribution in [0, 0.1) is 11.6 Å². The zero-order chi connectivity index (χ0) is 31.8. The van der Waals surface area contributed by atoms with E-state index in [0.29, 0.717) is 34.6 Å². The van der Waals surface area contributed by atoms with E-state index in [9.17, 15) is 14.4 Å². The van der Waals surface area contributed by atoms with E-state index < -0.39 is 11.9 Å². The van der Waals surface area contributed by atoms with Crippen molar-refractivity contribution >= 4 is 17.5 Å². The first kappa shape index (κ1) is 29.4. The second-order valence-electron chi connectivity index (χ2n) is 11.2. The lowest BCUT2D eigenvalue weighted by atomic mass is 9.97. The SMILES string of the molecule is O=C(NC1CC1)c1ccc(-c2cnn(C(Cc3ccc(F)cc3)c3ccc(-c4c(-c5cnco5)ccc(Cl)c4F)c[n+]3O)c2)cc1. The summed E-state index contributed by atoms with van der Waals surface area (Å²) in [5, 5.41) is 18.9. The van der Waals surface area contributed by atoms with Gasteiger partial charge >= 0.3 is 0 Å². The van der Waals surface area contributed by atoms with E-state index in [1.807, 2.05) is 18.3 Å². The van der Waals surface area contributed by atoms with Gasteiger partial charge in [0.2, 0.25) is 6.20 Å². The number of rotatable bonds is 9. The maximum Gasteiger partial charge on any atom is 0.258 e. The van der Waals surface area contributed by atoms with E-state index in [4.69, 9.17) is 16.0 Å². The van der Waals surface area contributed by atoms with E-state index >= 15 is 4.39 Å². The Morgan fingerprint density at radius 1 is 1.00 bits per heavy atom. The zero-order valence-corrected chi connectivity index (χ0v) is 25.0. The fourth-order valence-corrected chi connectivity index (χ4v) is 5.60. The van der Waals surface area contributed by atoms with Gasteiger partial charge in [-0.3, -0.25) is 14.7 Å². The normalized spacial score (nSPS) is 13.5. The smallest absolute Gasteiger partial charge is 0.258 e. The third-order valence-electron chi connectivity index (χ3n) is 8.04. The van der Waals surface area contributed by atoms with E-state index in [0.717, 1.165) is 34.3 Å². The number of amides is 1. The van der Waals surface area contributed by atoms with Crippen LogP contribution < -0.4 is 10.0 Å². The Labute approximate surface area is 267 Å². The molecule has 3 aromatic carbocycles. The Bertz CT molecular complexity index is 2030. The summed E-state index contributed by atoms with van der Waals surface area (Å²) < 4.78 is 37.3. The van der Waals surface area contributed by atoms with Gasteiger partial charge in [-0.15, -0.1) is 0 Å². The Hall–Kier alpha value is -5.35. The minimum atomic E-state index is -0.668. The lowest BCUT2D eigenvalue weighted by Gasteiger charge is -2.16. The number of nitrogens with zero attached hydrogens (tertiary/aromatic N) is 4. The molecule has 1 saturated carbocycles. The molecule has 7 rings (SSSR count). The van der Waals surface area contributed by atoms with Crippen LogP contribution in [0.3, 0.4) is 0 Å². The molecule has 2 N–H and O–H groups in total. The molecule has 11 heteroatoms. The highest BCUT2D eigenvalue weighted by Crippen LogP contribution is 2.37. The average molecular weight is 639 g/mol. The molecule has 46 heavy (non-hydrogen) atoms. The van der Waals surface area contributed by atoms with Gasteiger partial charge < -0.3 is 9.73 Å². The fourth-order valence-electron chi connectivity index (χ4n) is 5.44. The third kappa shape index (κ3) is 5.99. The second-order valence-corrected chi connectivity index (χ2v) is 11.6. The highest BCUT2D eigenvalue weighted by atomic mass is 35.5. The van der Waals surface area contributed by atoms with Gasteiger partial charge in [0.15, 0.2) is 18.0 Å². The van der Waals surface area contributed by atoms with Crippen LogP contribution in [0.2, 0.25) is 5.02 Å². The van der Waals surface area contributed by atoms with Crippen LogP contribution in [0.25, 0.3) is 33.6 Å². The van der Waals surface area contributed by atoms with E-state index in [1.165, 1.54) is 37.0 Å². The predicted molar refractivity (Wildman–Crippen MR) is 166 cm³/mol. The van der Waals surface area contributed by atoms with Crippen molar-refractivity contribution in [3.63, 3.8) is 0 Å². The molecule has 1 atom stereocenters. The van der Waals surface area contributed by atoms with Crippen LogP contribution in [0.15, 0.2) is 108 Å². The van der Waals surface area contributed by atoms with Crippen molar-refractivity contribution in [2.75, 3.05) is 0 Å². The number of pyridine rings is 1. The fraction of sp³-hybridized carbons (Fsp3) is 0.143. The highest BCUT2D eigenvalue weighted by molar-refractivity contribution is 6.31. The molecule has 3 aromatic heterocycles. The van der Waals surface area contributed by atoms with E-state index in [-0.39, 0.29) is 28.4 Å². The van der Waals surface area contributed by atoms with Crippen LogP contribution in [-0.4, -0.2) is 31.9 Å². The van der Waals surface area contributed by atoms with Crippen LogP contribution in [0.1, 0.15) is 40.5 Å². The lowest BCUT2D eigenvalue weighted by Crippen LogP contribution is -2.39. The van der Waals surface area contributed by atoms with Crippen molar-refractivity contribution in [3.05, 3.63) is 137 Å². The molecule has 0 aliphatic heterocycles. The molecule has 1 fully saturated rings. The lowest BCUT2D eigenvalue weighted by molar-refractivity contribution is -0.910. The average Bonchev–Trinajstić information content (AvgIpc) is 3.48. The van der Waals surface area contributed by atoms with Crippen LogP contribution in [0.4, 0.5) is 8.78 Å². The molecule has 1 unspecified atom stereocenters. The van der Waals surface area contributed by atoms with Crippen molar-refractivity contribution in [3.8, 4) is 33.6 Å². The Morgan fingerprint density at radius 2 is 1.76 bits per heavy atom. The van der Waals surface area contributed by atoms with Gasteiger partial charge in [0.05, 0.1) is 23.0 Å². The monoisotopic (exact) mass is 638 g/mol. The third-order valence-corrected chi connectivity index (χ3v) is 8.33. The molecule has 230 valence electrons. The molecule has 3 heterocycles. The number of benzene rings is 3. The number of oxazole rings is 1. The molecular weight excluding hydrogens is 612 g/mol. The first-order valence-electron chi connectivity index (χ1n) is 14.7. The molecule has 1 aliphatic rings. The Kier molecular flexibility index (Phi) is 7.79. The van der Waals surface area contributed by atoms with Crippen molar-refractivity contribution in [2.24, 2.45) is 0 Å². The second kappa shape index (κ2) is 12.2. The van der Waals surface area contributed by atoms with Crippen molar-refractivity contribution in [1.29, 1.82) is 0 Å². The standard InChI is InChI=1S/C35H26ClF2N5O3/c36-29-13-12-28(32-17-39-20-46-32)33(34(29)38)24-7-14-30(43(45)19-24)31(15-21-1-8-26(37)9-2-21)42-18-25(16-40-42)22-3-5-23(6-4-22)35(44)41-27-10-11-27/h1-9,12-14,16-20,27,31H,10-11,15H2,(H-,41,44,45)/p+1. The largest absolute Gasteiger partial charge is 0.443 e. The van der Waals surface area contributed by atoms with Crippen molar-refractivity contribution in [1.82, 2.24) is 20.1 Å². The summed E-state index contributed by atoms with van der Waals surface area (Å²) >= 11 is 6.15. The van der Waals surface area contributed by atoms with Crippen molar-refractivity contribution < 1.29 is 27.9 Å². The van der Waals surface area contributed by atoms with Crippen LogP contribution >= 0.6 is 11.6 Å². The predicted octanol–water partition coefficient (Wildman–Crippen LogP) is 7.05. The summed E-state index contributed by atoms with van der Waals surface area (Å²) in [6, 6.07) is 19.6. The molecular formula is C35H27ClF2N5O3+. The summed E-state index contributed by atoms with van der Waals surface area (Å²) in [5.74, 6) is -0.776. The minimum Gasteiger partial charge on any atom is -0.443 e. The highest BCUT2D eigenvalue weighted by Gasteiger charge is 2.29. The number of hydrogen-bond donors (Lipinski definition) is 2. The van der Waals surface area contributed by atoms with Crippen LogP contribution in [-0.2, 0) is 6.42 Å².